The number of ether oxygens (including phenoxy) is 2. The lowest BCUT2D eigenvalue weighted by Gasteiger charge is -2.11. The quantitative estimate of drug-likeness (QED) is 0.662. The van der Waals surface area contributed by atoms with Crippen molar-refractivity contribution in [2.24, 2.45) is 0 Å². The fourth-order valence-corrected chi connectivity index (χ4v) is 1.91. The molecule has 2 rings (SSSR count). The molecule has 0 bridgehead atoms. The summed E-state index contributed by atoms with van der Waals surface area (Å²) >= 11 is 3.32. The standard InChI is InChI=1S/C15H15BrN2O3/c1-2-20-15(19)13-6-4-11(17)7-14(13)21-9-12-5-3-10(16)8-18-12/h3-8H,2,9,17H2,1H3. The molecule has 0 aliphatic carbocycles. The van der Waals surface area contributed by atoms with Gasteiger partial charge in [-0.3, -0.25) is 4.98 Å². The molecule has 0 amide bonds. The minimum absolute atomic E-state index is 0.239. The maximum atomic E-state index is 11.9. The molecule has 0 spiro atoms. The number of halogens is 1. The summed E-state index contributed by atoms with van der Waals surface area (Å²) in [6, 6.07) is 8.54. The van der Waals surface area contributed by atoms with E-state index >= 15 is 0 Å². The number of nitrogen functional groups attached to an aromatic ring is 1. The number of nitrogens with two attached hydrogens (primary N) is 1. The molecule has 6 heteroatoms. The molecular weight excluding hydrogens is 336 g/mol. The number of nitrogens with zero attached hydrogens (tertiary/aromatic N) is 1. The van der Waals surface area contributed by atoms with Gasteiger partial charge in [-0.05, 0) is 47.1 Å². The van der Waals surface area contributed by atoms with Crippen molar-refractivity contribution in [3.8, 4) is 5.75 Å². The average molecular weight is 351 g/mol. The van der Waals surface area contributed by atoms with Crippen LogP contribution in [0.5, 0.6) is 5.75 Å². The summed E-state index contributed by atoms with van der Waals surface area (Å²) in [5, 5.41) is 0. The Labute approximate surface area is 131 Å². The Kier molecular flexibility index (Phi) is 5.16. The van der Waals surface area contributed by atoms with Gasteiger partial charge in [-0.1, -0.05) is 0 Å². The maximum Gasteiger partial charge on any atom is 0.341 e. The van der Waals surface area contributed by atoms with Crippen molar-refractivity contribution in [1.82, 2.24) is 4.98 Å². The van der Waals surface area contributed by atoms with Crippen molar-refractivity contribution in [2.75, 3.05) is 12.3 Å². The van der Waals surface area contributed by atoms with Crippen LogP contribution >= 0.6 is 15.9 Å². The SMILES string of the molecule is CCOC(=O)c1ccc(N)cc1OCc1ccc(Br)cn1. The van der Waals surface area contributed by atoms with E-state index in [1.54, 1.807) is 31.3 Å². The molecule has 0 fully saturated rings. The van der Waals surface area contributed by atoms with Crippen LogP contribution in [0.1, 0.15) is 23.0 Å². The molecule has 5 nitrogen and oxygen atoms in total. The van der Waals surface area contributed by atoms with Crippen LogP contribution in [0, 0.1) is 0 Å². The zero-order valence-electron chi connectivity index (χ0n) is 11.5. The molecule has 21 heavy (non-hydrogen) atoms. The van der Waals surface area contributed by atoms with Crippen LogP contribution < -0.4 is 10.5 Å². The number of rotatable bonds is 5. The number of anilines is 1. The van der Waals surface area contributed by atoms with E-state index in [2.05, 4.69) is 20.9 Å². The summed E-state index contributed by atoms with van der Waals surface area (Å²) in [5.74, 6) is -0.0468. The summed E-state index contributed by atoms with van der Waals surface area (Å²) in [6.07, 6.45) is 1.68. The highest BCUT2D eigenvalue weighted by Crippen LogP contribution is 2.24. The van der Waals surface area contributed by atoms with E-state index in [1.165, 1.54) is 0 Å². The molecule has 0 saturated heterocycles. The molecule has 0 atom stereocenters. The van der Waals surface area contributed by atoms with E-state index < -0.39 is 5.97 Å². The Morgan fingerprint density at radius 1 is 1.33 bits per heavy atom. The molecule has 0 aliphatic heterocycles. The third-order valence-electron chi connectivity index (χ3n) is 2.67. The lowest BCUT2D eigenvalue weighted by molar-refractivity contribution is 0.0521. The number of hydrogen-bond donors (Lipinski definition) is 1. The molecule has 0 radical (unpaired) electrons. The number of carbonyl (C=O) groups is 1. The van der Waals surface area contributed by atoms with Gasteiger partial charge in [-0.2, -0.15) is 0 Å². The lowest BCUT2D eigenvalue weighted by atomic mass is 10.2. The van der Waals surface area contributed by atoms with Crippen LogP contribution in [0.15, 0.2) is 41.0 Å². The van der Waals surface area contributed by atoms with Gasteiger partial charge in [-0.15, -0.1) is 0 Å². The molecular formula is C15H15BrN2O3. The van der Waals surface area contributed by atoms with Gasteiger partial charge < -0.3 is 15.2 Å². The van der Waals surface area contributed by atoms with E-state index in [0.717, 1.165) is 10.2 Å². The van der Waals surface area contributed by atoms with Crippen molar-refractivity contribution in [3.63, 3.8) is 0 Å². The van der Waals surface area contributed by atoms with Crippen molar-refractivity contribution in [3.05, 3.63) is 52.3 Å². The zero-order valence-corrected chi connectivity index (χ0v) is 13.1. The highest BCUT2D eigenvalue weighted by Gasteiger charge is 2.14. The van der Waals surface area contributed by atoms with Gasteiger partial charge >= 0.3 is 5.97 Å². The Bertz CT molecular complexity index is 629. The van der Waals surface area contributed by atoms with Crippen LogP contribution in [0.2, 0.25) is 0 Å². The first-order valence-electron chi connectivity index (χ1n) is 6.40. The number of pyridine rings is 1. The Balaban J connectivity index is 2.16. The molecule has 2 aromatic rings. The Morgan fingerprint density at radius 3 is 2.81 bits per heavy atom. The number of esters is 1. The van der Waals surface area contributed by atoms with Crippen LogP contribution in [0.25, 0.3) is 0 Å². The van der Waals surface area contributed by atoms with E-state index in [1.807, 2.05) is 12.1 Å². The van der Waals surface area contributed by atoms with Crippen LogP contribution in [0.4, 0.5) is 5.69 Å². The highest BCUT2D eigenvalue weighted by molar-refractivity contribution is 9.10. The first kappa shape index (κ1) is 15.3. The average Bonchev–Trinajstić information content (AvgIpc) is 2.47. The molecule has 0 aliphatic rings. The molecule has 2 N–H and O–H groups in total. The minimum Gasteiger partial charge on any atom is -0.486 e. The fourth-order valence-electron chi connectivity index (χ4n) is 1.68. The second-order valence-electron chi connectivity index (χ2n) is 4.23. The van der Waals surface area contributed by atoms with Crippen molar-refractivity contribution in [1.29, 1.82) is 0 Å². The molecule has 1 aromatic heterocycles. The summed E-state index contributed by atoms with van der Waals surface area (Å²) in [7, 11) is 0. The topological polar surface area (TPSA) is 74.4 Å². The van der Waals surface area contributed by atoms with Crippen LogP contribution in [0.3, 0.4) is 0 Å². The van der Waals surface area contributed by atoms with Gasteiger partial charge in [0.2, 0.25) is 0 Å². The van der Waals surface area contributed by atoms with Crippen LogP contribution in [-0.4, -0.2) is 17.6 Å². The van der Waals surface area contributed by atoms with Gasteiger partial charge in [-0.25, -0.2) is 4.79 Å². The molecule has 0 unspecified atom stereocenters. The van der Waals surface area contributed by atoms with E-state index in [4.69, 9.17) is 15.2 Å². The summed E-state index contributed by atoms with van der Waals surface area (Å²) in [5.41, 5.74) is 7.35. The van der Waals surface area contributed by atoms with Crippen LogP contribution in [-0.2, 0) is 11.3 Å². The largest absolute Gasteiger partial charge is 0.486 e. The molecule has 0 saturated carbocycles. The predicted molar refractivity (Wildman–Crippen MR) is 83.1 cm³/mol. The van der Waals surface area contributed by atoms with Gasteiger partial charge in [0.25, 0.3) is 0 Å². The normalized spacial score (nSPS) is 10.2. The smallest absolute Gasteiger partial charge is 0.341 e. The second-order valence-corrected chi connectivity index (χ2v) is 5.15. The number of benzene rings is 1. The second kappa shape index (κ2) is 7.08. The van der Waals surface area contributed by atoms with E-state index in [9.17, 15) is 4.79 Å². The summed E-state index contributed by atoms with van der Waals surface area (Å²) in [4.78, 5) is 16.1. The number of hydrogen-bond acceptors (Lipinski definition) is 5. The number of carbonyl (C=O) groups excluding carboxylic acids is 1. The lowest BCUT2D eigenvalue weighted by Crippen LogP contribution is -2.08. The monoisotopic (exact) mass is 350 g/mol. The number of aromatic nitrogens is 1. The molecule has 1 aromatic carbocycles. The van der Waals surface area contributed by atoms with Gasteiger partial charge in [0.05, 0.1) is 12.3 Å². The van der Waals surface area contributed by atoms with Crippen molar-refractivity contribution < 1.29 is 14.3 Å². The predicted octanol–water partition coefficient (Wildman–Crippen LogP) is 3.18. The summed E-state index contributed by atoms with van der Waals surface area (Å²) < 4.78 is 11.5. The van der Waals surface area contributed by atoms with Gasteiger partial charge in [0, 0.05) is 22.4 Å². The molecule has 1 heterocycles. The third kappa shape index (κ3) is 4.19. The van der Waals surface area contributed by atoms with Crippen molar-refractivity contribution in [2.45, 2.75) is 13.5 Å². The van der Waals surface area contributed by atoms with Crippen molar-refractivity contribution >= 4 is 27.6 Å². The first-order chi connectivity index (χ1) is 10.1. The Hall–Kier alpha value is -2.08. The fraction of sp³-hybridized carbons (Fsp3) is 0.200. The first-order valence-corrected chi connectivity index (χ1v) is 7.19. The zero-order chi connectivity index (χ0) is 15.2. The van der Waals surface area contributed by atoms with Gasteiger partial charge in [0.1, 0.15) is 17.9 Å². The van der Waals surface area contributed by atoms with Gasteiger partial charge in [0.15, 0.2) is 0 Å². The summed E-state index contributed by atoms with van der Waals surface area (Å²) in [6.45, 7) is 2.29. The maximum absolute atomic E-state index is 11.9. The highest BCUT2D eigenvalue weighted by atomic mass is 79.9. The third-order valence-corrected chi connectivity index (χ3v) is 3.13. The van der Waals surface area contributed by atoms with E-state index in [-0.39, 0.29) is 6.61 Å². The molecule has 110 valence electrons. The minimum atomic E-state index is -0.434. The van der Waals surface area contributed by atoms with E-state index in [0.29, 0.717) is 23.6 Å². The Morgan fingerprint density at radius 2 is 2.14 bits per heavy atom.